The summed E-state index contributed by atoms with van der Waals surface area (Å²) in [4.78, 5) is 2.27. The Labute approximate surface area is 198 Å². The highest BCUT2D eigenvalue weighted by Gasteiger charge is 2.32. The van der Waals surface area contributed by atoms with Crippen molar-refractivity contribution in [2.75, 3.05) is 4.90 Å². The van der Waals surface area contributed by atoms with Crippen molar-refractivity contribution >= 4 is 40.2 Å². The molecule has 160 valence electrons. The molecule has 0 amide bonds. The highest BCUT2D eigenvalue weighted by Crippen LogP contribution is 2.49. The van der Waals surface area contributed by atoms with Crippen molar-refractivity contribution < 1.29 is 9.47 Å². The van der Waals surface area contributed by atoms with Crippen molar-refractivity contribution in [3.8, 4) is 23.0 Å². The van der Waals surface area contributed by atoms with Crippen molar-refractivity contribution in [3.05, 3.63) is 121 Å². The minimum Gasteiger partial charge on any atom is -0.458 e. The zero-order valence-corrected chi connectivity index (χ0v) is 18.4. The summed E-state index contributed by atoms with van der Waals surface area (Å²) < 4.78 is 12.4. The van der Waals surface area contributed by atoms with Gasteiger partial charge < -0.3 is 14.4 Å². The van der Waals surface area contributed by atoms with E-state index in [1.807, 2.05) is 60.7 Å². The molecule has 7 rings (SSSR count). The van der Waals surface area contributed by atoms with Gasteiger partial charge in [-0.05, 0) is 59.5 Å². The summed E-state index contributed by atoms with van der Waals surface area (Å²) in [6, 6.07) is 41.9. The van der Waals surface area contributed by atoms with E-state index in [0.29, 0.717) is 0 Å². The highest BCUT2D eigenvalue weighted by atomic mass is 16.5. The molecule has 0 spiro atoms. The summed E-state index contributed by atoms with van der Waals surface area (Å²) in [5, 5.41) is 0. The Kier molecular flexibility index (Phi) is 4.24. The molecule has 5 aromatic carbocycles. The molecule has 2 heterocycles. The van der Waals surface area contributed by atoms with E-state index >= 15 is 0 Å². The van der Waals surface area contributed by atoms with Gasteiger partial charge in [0.1, 0.15) is 11.5 Å². The SMILES string of the molecule is c1ccc2c(c1)Oc1ccccc1B2c1ccc(N2c3ccccc3Oc3ccccc32)cc1. The lowest BCUT2D eigenvalue weighted by Gasteiger charge is -2.33. The molecule has 0 aromatic heterocycles. The van der Waals surface area contributed by atoms with Crippen LogP contribution in [0.15, 0.2) is 121 Å². The van der Waals surface area contributed by atoms with E-state index in [1.165, 1.54) is 16.4 Å². The zero-order valence-electron chi connectivity index (χ0n) is 18.4. The van der Waals surface area contributed by atoms with Crippen molar-refractivity contribution in [3.63, 3.8) is 0 Å². The predicted octanol–water partition coefficient (Wildman–Crippen LogP) is 5.88. The summed E-state index contributed by atoms with van der Waals surface area (Å²) in [5.41, 5.74) is 6.79. The van der Waals surface area contributed by atoms with Crippen LogP contribution in [0, 0.1) is 0 Å². The second-order valence-corrected chi connectivity index (χ2v) is 8.58. The van der Waals surface area contributed by atoms with Crippen LogP contribution in [0.3, 0.4) is 0 Å². The molecule has 0 radical (unpaired) electrons. The monoisotopic (exact) mass is 437 g/mol. The standard InChI is InChI=1S/C30H20BNO2/c1-5-13-27-23(9-1)31(24-10-2-6-14-28(24)33-27)21-17-19-22(20-18-21)32-25-11-3-7-15-29(25)34-30-16-8-4-12-26(30)32/h1-20H. The molecule has 0 saturated carbocycles. The topological polar surface area (TPSA) is 21.7 Å². The third-order valence-corrected chi connectivity index (χ3v) is 6.60. The van der Waals surface area contributed by atoms with Gasteiger partial charge in [-0.1, -0.05) is 78.3 Å². The number of fused-ring (bicyclic) bond motifs is 4. The maximum absolute atomic E-state index is 6.20. The summed E-state index contributed by atoms with van der Waals surface area (Å²) in [6.45, 7) is 0.125. The zero-order chi connectivity index (χ0) is 22.5. The number of hydrogen-bond donors (Lipinski definition) is 0. The van der Waals surface area contributed by atoms with Crippen LogP contribution in [0.5, 0.6) is 23.0 Å². The number of nitrogens with zero attached hydrogens (tertiary/aromatic N) is 1. The van der Waals surface area contributed by atoms with E-state index in [0.717, 1.165) is 40.1 Å². The van der Waals surface area contributed by atoms with Gasteiger partial charge in [0.2, 0.25) is 0 Å². The fourth-order valence-corrected chi connectivity index (χ4v) is 5.07. The van der Waals surface area contributed by atoms with E-state index in [-0.39, 0.29) is 6.71 Å². The molecule has 2 aliphatic rings. The molecule has 3 nitrogen and oxygen atoms in total. The first-order valence-electron chi connectivity index (χ1n) is 11.5. The smallest absolute Gasteiger partial charge is 0.250 e. The van der Waals surface area contributed by atoms with E-state index < -0.39 is 0 Å². The normalized spacial score (nSPS) is 13.1. The van der Waals surface area contributed by atoms with Gasteiger partial charge in [-0.3, -0.25) is 0 Å². The van der Waals surface area contributed by atoms with E-state index in [2.05, 4.69) is 65.6 Å². The molecular weight excluding hydrogens is 417 g/mol. The molecule has 2 aliphatic heterocycles. The van der Waals surface area contributed by atoms with Gasteiger partial charge in [-0.15, -0.1) is 0 Å². The Morgan fingerprint density at radius 2 is 0.882 bits per heavy atom. The number of benzene rings is 5. The average Bonchev–Trinajstić information content (AvgIpc) is 2.90. The van der Waals surface area contributed by atoms with Crippen molar-refractivity contribution in [2.24, 2.45) is 0 Å². The summed E-state index contributed by atoms with van der Waals surface area (Å²) in [5.74, 6) is 3.56. The third-order valence-electron chi connectivity index (χ3n) is 6.60. The quantitative estimate of drug-likeness (QED) is 0.315. The molecule has 0 aliphatic carbocycles. The van der Waals surface area contributed by atoms with E-state index in [4.69, 9.17) is 9.47 Å². The highest BCUT2D eigenvalue weighted by molar-refractivity contribution is 6.96. The minimum absolute atomic E-state index is 0.125. The maximum Gasteiger partial charge on any atom is 0.250 e. The van der Waals surface area contributed by atoms with Gasteiger partial charge in [-0.2, -0.15) is 0 Å². The van der Waals surface area contributed by atoms with Crippen molar-refractivity contribution in [2.45, 2.75) is 0 Å². The van der Waals surface area contributed by atoms with Crippen LogP contribution in [0.25, 0.3) is 0 Å². The second kappa shape index (κ2) is 7.56. The second-order valence-electron chi connectivity index (χ2n) is 8.58. The fourth-order valence-electron chi connectivity index (χ4n) is 5.07. The van der Waals surface area contributed by atoms with Gasteiger partial charge in [0, 0.05) is 5.69 Å². The van der Waals surface area contributed by atoms with E-state index in [1.54, 1.807) is 0 Å². The minimum atomic E-state index is 0.125. The number of anilines is 3. The van der Waals surface area contributed by atoms with Gasteiger partial charge in [0.25, 0.3) is 6.71 Å². The van der Waals surface area contributed by atoms with Crippen LogP contribution in [0.2, 0.25) is 0 Å². The molecule has 0 atom stereocenters. The lowest BCUT2D eigenvalue weighted by molar-refractivity contribution is 0.477. The van der Waals surface area contributed by atoms with Gasteiger partial charge in [0.05, 0.1) is 11.4 Å². The van der Waals surface area contributed by atoms with Gasteiger partial charge in [-0.25, -0.2) is 0 Å². The largest absolute Gasteiger partial charge is 0.458 e. The van der Waals surface area contributed by atoms with Crippen molar-refractivity contribution in [1.82, 2.24) is 0 Å². The third kappa shape index (κ3) is 2.92. The molecule has 5 aromatic rings. The maximum atomic E-state index is 6.20. The Balaban J connectivity index is 1.35. The Bertz CT molecular complexity index is 1320. The number of rotatable bonds is 2. The number of para-hydroxylation sites is 6. The first-order chi connectivity index (χ1) is 16.9. The molecule has 4 heteroatoms. The first kappa shape index (κ1) is 19.1. The van der Waals surface area contributed by atoms with E-state index in [9.17, 15) is 0 Å². The molecule has 0 saturated heterocycles. The lowest BCUT2D eigenvalue weighted by Crippen LogP contribution is -2.54. The van der Waals surface area contributed by atoms with Crippen LogP contribution in [-0.4, -0.2) is 6.71 Å². The molecule has 34 heavy (non-hydrogen) atoms. The van der Waals surface area contributed by atoms with Crippen LogP contribution < -0.4 is 30.8 Å². The molecule has 0 bridgehead atoms. The van der Waals surface area contributed by atoms with Crippen molar-refractivity contribution in [1.29, 1.82) is 0 Å². The van der Waals surface area contributed by atoms with Crippen LogP contribution >= 0.6 is 0 Å². The Morgan fingerprint density at radius 1 is 0.441 bits per heavy atom. The summed E-state index contributed by atoms with van der Waals surface area (Å²) >= 11 is 0. The Hall–Kier alpha value is -4.44. The molecule has 0 N–H and O–H groups in total. The van der Waals surface area contributed by atoms with Crippen LogP contribution in [0.4, 0.5) is 17.1 Å². The molecule has 0 unspecified atom stereocenters. The fraction of sp³-hybridized carbons (Fsp3) is 0. The van der Waals surface area contributed by atoms with Crippen LogP contribution in [-0.2, 0) is 0 Å². The lowest BCUT2D eigenvalue weighted by atomic mass is 9.36. The molecular formula is C30H20BNO2. The summed E-state index contributed by atoms with van der Waals surface area (Å²) in [6.07, 6.45) is 0. The van der Waals surface area contributed by atoms with Gasteiger partial charge in [0.15, 0.2) is 11.5 Å². The van der Waals surface area contributed by atoms with Gasteiger partial charge >= 0.3 is 0 Å². The molecule has 0 fully saturated rings. The van der Waals surface area contributed by atoms with Crippen LogP contribution in [0.1, 0.15) is 0 Å². The number of hydrogen-bond acceptors (Lipinski definition) is 3. The average molecular weight is 437 g/mol. The first-order valence-corrected chi connectivity index (χ1v) is 11.5. The Morgan fingerprint density at radius 3 is 1.44 bits per heavy atom. The predicted molar refractivity (Wildman–Crippen MR) is 139 cm³/mol. The number of ether oxygens (including phenoxy) is 2. The summed E-state index contributed by atoms with van der Waals surface area (Å²) in [7, 11) is 0.